The minimum absolute atomic E-state index is 0.0827. The van der Waals surface area contributed by atoms with Crippen LogP contribution in [0.15, 0.2) is 48.8 Å². The summed E-state index contributed by atoms with van der Waals surface area (Å²) in [6.07, 6.45) is 2.44. The molecule has 4 heterocycles. The van der Waals surface area contributed by atoms with Crippen molar-refractivity contribution in [2.24, 2.45) is 0 Å². The number of piperidine rings is 1. The smallest absolute Gasteiger partial charge is 0.330 e. The van der Waals surface area contributed by atoms with Gasteiger partial charge in [0.1, 0.15) is 23.6 Å². The van der Waals surface area contributed by atoms with Crippen LogP contribution in [0.2, 0.25) is 0 Å². The minimum atomic E-state index is -3.93. The normalized spacial score (nSPS) is 19.5. The quantitative estimate of drug-likeness (QED) is 0.374. The predicted molar refractivity (Wildman–Crippen MR) is 148 cm³/mol. The lowest BCUT2D eigenvalue weighted by Crippen LogP contribution is -2.51. The van der Waals surface area contributed by atoms with Crippen molar-refractivity contribution in [2.45, 2.75) is 50.8 Å². The molecule has 1 saturated heterocycles. The first-order chi connectivity index (χ1) is 19.1. The average molecular weight is 573 g/mol. The van der Waals surface area contributed by atoms with Crippen LogP contribution in [0.5, 0.6) is 0 Å². The molecule has 0 radical (unpaired) electrons. The molecule has 3 N–H and O–H groups in total. The number of halogens is 2. The number of amides is 2. The number of anilines is 4. The third kappa shape index (κ3) is 6.12. The molecule has 0 saturated carbocycles. The van der Waals surface area contributed by atoms with Crippen molar-refractivity contribution in [3.8, 4) is 0 Å². The molecule has 2 aromatic heterocycles. The number of urea groups is 1. The topological polar surface area (TPSA) is 132 Å². The number of rotatable bonds is 8. The Morgan fingerprint density at radius 1 is 1.18 bits per heavy atom. The fourth-order valence-corrected chi connectivity index (χ4v) is 5.86. The molecule has 0 aliphatic carbocycles. The Kier molecular flexibility index (Phi) is 7.81. The standard InChI is InChI=1S/C26H30F2N8O3S/c1-16(2)36-24-17(11-31-25(33-24)32-20-9-18(27)12-29-13-20)14-35(26(36)37)21-6-7-23(22(28)10-21)34-40(38,39)15-19-5-3-4-8-30-19/h3-8,10-11,16,18,20,29,34H,9,12-15H2,1-2H3,(H,31,32,33)/t18-,20-/m0/s1. The zero-order valence-electron chi connectivity index (χ0n) is 22.0. The number of nitrogens with one attached hydrogen (secondary N) is 3. The molecule has 2 aliphatic heterocycles. The molecule has 11 nitrogen and oxygen atoms in total. The van der Waals surface area contributed by atoms with Crippen LogP contribution in [-0.4, -0.2) is 60.7 Å². The highest BCUT2D eigenvalue weighted by molar-refractivity contribution is 7.91. The molecule has 14 heteroatoms. The van der Waals surface area contributed by atoms with Gasteiger partial charge in [0.2, 0.25) is 16.0 Å². The lowest BCUT2D eigenvalue weighted by molar-refractivity contribution is 0.248. The van der Waals surface area contributed by atoms with Gasteiger partial charge in [-0.25, -0.2) is 27.0 Å². The average Bonchev–Trinajstić information content (AvgIpc) is 2.89. The van der Waals surface area contributed by atoms with Gasteiger partial charge in [-0.3, -0.25) is 19.5 Å². The third-order valence-electron chi connectivity index (χ3n) is 6.58. The molecular weight excluding hydrogens is 542 g/mol. The van der Waals surface area contributed by atoms with E-state index in [9.17, 15) is 17.6 Å². The first-order valence-electron chi connectivity index (χ1n) is 12.9. The van der Waals surface area contributed by atoms with E-state index in [4.69, 9.17) is 0 Å². The predicted octanol–water partition coefficient (Wildman–Crippen LogP) is 3.42. The second-order valence-electron chi connectivity index (χ2n) is 10.1. The number of fused-ring (bicyclic) bond motifs is 1. The van der Waals surface area contributed by atoms with Crippen molar-refractivity contribution in [1.82, 2.24) is 20.3 Å². The van der Waals surface area contributed by atoms with E-state index in [1.54, 1.807) is 24.4 Å². The van der Waals surface area contributed by atoms with Crippen LogP contribution < -0.4 is 25.2 Å². The molecule has 1 aromatic carbocycles. The van der Waals surface area contributed by atoms with E-state index in [-0.39, 0.29) is 30.0 Å². The van der Waals surface area contributed by atoms with E-state index in [1.807, 2.05) is 13.8 Å². The number of aromatic nitrogens is 3. The zero-order chi connectivity index (χ0) is 28.4. The van der Waals surface area contributed by atoms with Gasteiger partial charge in [0.25, 0.3) is 0 Å². The second-order valence-corrected chi connectivity index (χ2v) is 11.8. The van der Waals surface area contributed by atoms with E-state index >= 15 is 4.39 Å². The van der Waals surface area contributed by atoms with Gasteiger partial charge in [0.15, 0.2) is 0 Å². The molecule has 2 atom stereocenters. The van der Waals surface area contributed by atoms with Gasteiger partial charge in [-0.15, -0.1) is 0 Å². The number of hydrogen-bond donors (Lipinski definition) is 3. The lowest BCUT2D eigenvalue weighted by Gasteiger charge is -2.38. The van der Waals surface area contributed by atoms with Gasteiger partial charge < -0.3 is 10.6 Å². The number of hydrogen-bond acceptors (Lipinski definition) is 8. The van der Waals surface area contributed by atoms with E-state index in [2.05, 4.69) is 30.3 Å². The maximum absolute atomic E-state index is 15.1. The number of sulfonamides is 1. The summed E-state index contributed by atoms with van der Waals surface area (Å²) < 4.78 is 56.2. The summed E-state index contributed by atoms with van der Waals surface area (Å²) >= 11 is 0. The second kappa shape index (κ2) is 11.3. The molecule has 0 spiro atoms. The molecule has 0 bridgehead atoms. The number of pyridine rings is 1. The van der Waals surface area contributed by atoms with Crippen molar-refractivity contribution < 1.29 is 22.0 Å². The molecule has 2 aliphatic rings. The molecule has 40 heavy (non-hydrogen) atoms. The Morgan fingerprint density at radius 3 is 2.70 bits per heavy atom. The summed E-state index contributed by atoms with van der Waals surface area (Å²) in [4.78, 5) is 29.4. The molecule has 0 unspecified atom stereocenters. The summed E-state index contributed by atoms with van der Waals surface area (Å²) in [6, 6.07) is 7.87. The van der Waals surface area contributed by atoms with Crippen LogP contribution >= 0.6 is 0 Å². The van der Waals surface area contributed by atoms with Crippen molar-refractivity contribution in [3.05, 3.63) is 65.9 Å². The molecular formula is C26H30F2N8O3S. The van der Waals surface area contributed by atoms with Crippen LogP contribution in [0.4, 0.5) is 36.7 Å². The highest BCUT2D eigenvalue weighted by Crippen LogP contribution is 2.33. The summed E-state index contributed by atoms with van der Waals surface area (Å²) in [7, 11) is -3.93. The van der Waals surface area contributed by atoms with Crippen LogP contribution in [0.25, 0.3) is 0 Å². The number of carbonyl (C=O) groups excluding carboxylic acids is 1. The monoisotopic (exact) mass is 572 g/mol. The maximum atomic E-state index is 15.1. The van der Waals surface area contributed by atoms with Gasteiger partial charge >= 0.3 is 6.03 Å². The summed E-state index contributed by atoms with van der Waals surface area (Å²) in [5.41, 5.74) is 0.971. The van der Waals surface area contributed by atoms with Crippen molar-refractivity contribution in [3.63, 3.8) is 0 Å². The van der Waals surface area contributed by atoms with Crippen LogP contribution in [0.1, 0.15) is 31.5 Å². The Morgan fingerprint density at radius 2 is 2.00 bits per heavy atom. The molecule has 3 aromatic rings. The summed E-state index contributed by atoms with van der Waals surface area (Å²) in [5, 5.41) is 6.16. The zero-order valence-corrected chi connectivity index (χ0v) is 22.8. The van der Waals surface area contributed by atoms with E-state index < -0.39 is 33.8 Å². The molecule has 1 fully saturated rings. The van der Waals surface area contributed by atoms with Crippen LogP contribution in [0, 0.1) is 5.82 Å². The highest BCUT2D eigenvalue weighted by atomic mass is 32.2. The maximum Gasteiger partial charge on any atom is 0.330 e. The Hall–Kier alpha value is -3.91. The van der Waals surface area contributed by atoms with Gasteiger partial charge in [0, 0.05) is 55.2 Å². The van der Waals surface area contributed by atoms with Crippen molar-refractivity contribution in [1.29, 1.82) is 0 Å². The SMILES string of the molecule is CC(C)N1C(=O)N(c2ccc(NS(=O)(=O)Cc3ccccn3)c(F)c2)Cc2cnc(N[C@@H]3CNC[C@@H](F)C3)nc21. The largest absolute Gasteiger partial charge is 0.350 e. The van der Waals surface area contributed by atoms with E-state index in [0.29, 0.717) is 42.5 Å². The summed E-state index contributed by atoms with van der Waals surface area (Å²) in [5.74, 6) is -0.532. The fourth-order valence-electron chi connectivity index (χ4n) is 4.73. The lowest BCUT2D eigenvalue weighted by atomic mass is 10.1. The minimum Gasteiger partial charge on any atom is -0.350 e. The molecule has 212 valence electrons. The number of carbonyl (C=O) groups is 1. The first kappa shape index (κ1) is 27.6. The Bertz CT molecular complexity index is 1490. The summed E-state index contributed by atoms with van der Waals surface area (Å²) in [6.45, 7) is 4.63. The third-order valence-corrected chi connectivity index (χ3v) is 7.78. The number of nitrogens with zero attached hydrogens (tertiary/aromatic N) is 5. The van der Waals surface area contributed by atoms with Crippen LogP contribution in [0.3, 0.4) is 0 Å². The molecule has 5 rings (SSSR count). The van der Waals surface area contributed by atoms with Gasteiger partial charge in [-0.2, -0.15) is 4.98 Å². The molecule has 2 amide bonds. The number of benzene rings is 1. The van der Waals surface area contributed by atoms with Gasteiger partial charge in [0.05, 0.1) is 17.9 Å². The van der Waals surface area contributed by atoms with Crippen molar-refractivity contribution in [2.75, 3.05) is 32.9 Å². The highest BCUT2D eigenvalue weighted by Gasteiger charge is 2.35. The van der Waals surface area contributed by atoms with Crippen molar-refractivity contribution >= 4 is 39.2 Å². The fraction of sp³-hybridized carbons (Fsp3) is 0.385. The van der Waals surface area contributed by atoms with Gasteiger partial charge in [-0.1, -0.05) is 6.07 Å². The Labute approximate surface area is 231 Å². The van der Waals surface area contributed by atoms with E-state index in [1.165, 1.54) is 28.1 Å². The van der Waals surface area contributed by atoms with E-state index in [0.717, 1.165) is 6.07 Å². The number of alkyl halides is 1. The first-order valence-corrected chi connectivity index (χ1v) is 14.5. The Balaban J connectivity index is 1.36. The van der Waals surface area contributed by atoms with Gasteiger partial charge in [-0.05, 0) is 44.2 Å². The van der Waals surface area contributed by atoms with Crippen LogP contribution in [-0.2, 0) is 22.3 Å².